The van der Waals surface area contributed by atoms with Crippen LogP contribution >= 0.6 is 0 Å². The molecular weight excluding hydrogens is 227 g/mol. The topological polar surface area (TPSA) is 27.0 Å². The van der Waals surface area contributed by atoms with Gasteiger partial charge in [0.25, 0.3) is 0 Å². The standard InChI is InChI=1S/C15H17FN2/c16-15-11(7-17)3-1-6-14(15)10-18-8-12-4-2-5-13(12)9-18/h1,3,6,12-13H,2,4-5,8-10H2. The Kier molecular flexibility index (Phi) is 3.05. The Bertz CT molecular complexity index is 480. The molecule has 3 heteroatoms. The fourth-order valence-corrected chi connectivity index (χ4v) is 3.49. The normalized spacial score (nSPS) is 27.1. The van der Waals surface area contributed by atoms with Crippen molar-refractivity contribution in [1.82, 2.24) is 4.90 Å². The molecule has 1 heterocycles. The van der Waals surface area contributed by atoms with Crippen LogP contribution in [0.2, 0.25) is 0 Å². The second-order valence-corrected chi connectivity index (χ2v) is 5.54. The van der Waals surface area contributed by atoms with Crippen LogP contribution in [0.1, 0.15) is 30.4 Å². The minimum atomic E-state index is -0.336. The van der Waals surface area contributed by atoms with Crippen molar-refractivity contribution in [2.24, 2.45) is 11.8 Å². The van der Waals surface area contributed by atoms with Crippen molar-refractivity contribution >= 4 is 0 Å². The maximum atomic E-state index is 14.0. The third-order valence-corrected chi connectivity index (χ3v) is 4.40. The summed E-state index contributed by atoms with van der Waals surface area (Å²) in [5.41, 5.74) is 0.820. The van der Waals surface area contributed by atoms with Gasteiger partial charge in [0, 0.05) is 25.2 Å². The van der Waals surface area contributed by atoms with Gasteiger partial charge in [-0.05, 0) is 30.7 Å². The van der Waals surface area contributed by atoms with Crippen molar-refractivity contribution in [3.05, 3.63) is 35.1 Å². The molecule has 1 aromatic carbocycles. The van der Waals surface area contributed by atoms with Crippen LogP contribution in [0.25, 0.3) is 0 Å². The van der Waals surface area contributed by atoms with Crippen LogP contribution in [0, 0.1) is 29.0 Å². The van der Waals surface area contributed by atoms with E-state index >= 15 is 0 Å². The molecule has 3 rings (SSSR count). The summed E-state index contributed by atoms with van der Waals surface area (Å²) in [7, 11) is 0. The van der Waals surface area contributed by atoms with Crippen molar-refractivity contribution in [3.63, 3.8) is 0 Å². The van der Waals surface area contributed by atoms with Gasteiger partial charge in [-0.25, -0.2) is 4.39 Å². The summed E-state index contributed by atoms with van der Waals surface area (Å²) in [4.78, 5) is 2.34. The molecule has 2 unspecified atom stereocenters. The first-order valence-electron chi connectivity index (χ1n) is 6.68. The third-order valence-electron chi connectivity index (χ3n) is 4.40. The quantitative estimate of drug-likeness (QED) is 0.799. The predicted octanol–water partition coefficient (Wildman–Crippen LogP) is 2.93. The molecule has 2 aliphatic rings. The fraction of sp³-hybridized carbons (Fsp3) is 0.533. The van der Waals surface area contributed by atoms with Gasteiger partial charge in [0.1, 0.15) is 11.9 Å². The van der Waals surface area contributed by atoms with Crippen LogP contribution < -0.4 is 0 Å². The summed E-state index contributed by atoms with van der Waals surface area (Å²) >= 11 is 0. The Morgan fingerprint density at radius 3 is 2.67 bits per heavy atom. The van der Waals surface area contributed by atoms with E-state index in [4.69, 9.17) is 5.26 Å². The van der Waals surface area contributed by atoms with E-state index in [1.807, 2.05) is 6.07 Å². The summed E-state index contributed by atoms with van der Waals surface area (Å²) in [6.45, 7) is 2.84. The zero-order valence-electron chi connectivity index (χ0n) is 10.4. The summed E-state index contributed by atoms with van der Waals surface area (Å²) < 4.78 is 14.0. The molecule has 94 valence electrons. The van der Waals surface area contributed by atoms with Gasteiger partial charge in [0.15, 0.2) is 0 Å². The lowest BCUT2D eigenvalue weighted by atomic mass is 10.0. The number of fused-ring (bicyclic) bond motifs is 1. The number of hydrogen-bond donors (Lipinski definition) is 0. The van der Waals surface area contributed by atoms with Crippen molar-refractivity contribution in [3.8, 4) is 6.07 Å². The number of rotatable bonds is 2. The van der Waals surface area contributed by atoms with Crippen LogP contribution in [0.4, 0.5) is 4.39 Å². The minimum Gasteiger partial charge on any atom is -0.298 e. The molecule has 0 radical (unpaired) electrons. The van der Waals surface area contributed by atoms with E-state index in [1.165, 1.54) is 25.3 Å². The highest BCUT2D eigenvalue weighted by atomic mass is 19.1. The van der Waals surface area contributed by atoms with E-state index in [9.17, 15) is 4.39 Å². The van der Waals surface area contributed by atoms with Gasteiger partial charge in [-0.3, -0.25) is 4.90 Å². The van der Waals surface area contributed by atoms with Gasteiger partial charge in [0.05, 0.1) is 5.56 Å². The van der Waals surface area contributed by atoms with Gasteiger partial charge in [0.2, 0.25) is 0 Å². The van der Waals surface area contributed by atoms with Crippen LogP contribution in [-0.2, 0) is 6.54 Å². The second kappa shape index (κ2) is 4.70. The lowest BCUT2D eigenvalue weighted by Crippen LogP contribution is -2.21. The molecule has 2 nitrogen and oxygen atoms in total. The maximum absolute atomic E-state index is 14.0. The highest BCUT2D eigenvalue weighted by Gasteiger charge is 2.35. The van der Waals surface area contributed by atoms with E-state index in [1.54, 1.807) is 12.1 Å². The lowest BCUT2D eigenvalue weighted by Gasteiger charge is -2.17. The fourth-order valence-electron chi connectivity index (χ4n) is 3.49. The Balaban J connectivity index is 1.72. The molecule has 0 spiro atoms. The third kappa shape index (κ3) is 2.02. The number of hydrogen-bond acceptors (Lipinski definition) is 2. The number of benzene rings is 1. The number of nitrogens with zero attached hydrogens (tertiary/aromatic N) is 2. The first kappa shape index (κ1) is 11.7. The minimum absolute atomic E-state index is 0.159. The van der Waals surface area contributed by atoms with Gasteiger partial charge < -0.3 is 0 Å². The summed E-state index contributed by atoms with van der Waals surface area (Å²) in [5.74, 6) is 1.32. The van der Waals surface area contributed by atoms with E-state index < -0.39 is 0 Å². The van der Waals surface area contributed by atoms with Crippen molar-refractivity contribution in [1.29, 1.82) is 5.26 Å². The average molecular weight is 244 g/mol. The Morgan fingerprint density at radius 2 is 2.00 bits per heavy atom. The molecule has 0 amide bonds. The SMILES string of the molecule is N#Cc1cccc(CN2CC3CCCC3C2)c1F. The highest BCUT2D eigenvalue weighted by Crippen LogP contribution is 2.38. The molecule has 0 aromatic heterocycles. The zero-order chi connectivity index (χ0) is 12.5. The first-order valence-corrected chi connectivity index (χ1v) is 6.68. The number of nitriles is 1. The van der Waals surface area contributed by atoms with Crippen molar-refractivity contribution < 1.29 is 4.39 Å². The molecule has 0 bridgehead atoms. The van der Waals surface area contributed by atoms with E-state index in [-0.39, 0.29) is 11.4 Å². The maximum Gasteiger partial charge on any atom is 0.145 e. The van der Waals surface area contributed by atoms with Crippen LogP contribution in [-0.4, -0.2) is 18.0 Å². The molecule has 1 aliphatic carbocycles. The lowest BCUT2D eigenvalue weighted by molar-refractivity contribution is 0.298. The summed E-state index contributed by atoms with van der Waals surface area (Å²) in [6.07, 6.45) is 4.03. The Hall–Kier alpha value is -1.40. The highest BCUT2D eigenvalue weighted by molar-refractivity contribution is 5.34. The molecule has 18 heavy (non-hydrogen) atoms. The summed E-state index contributed by atoms with van der Waals surface area (Å²) in [6, 6.07) is 7.01. The van der Waals surface area contributed by atoms with Crippen LogP contribution in [0.3, 0.4) is 0 Å². The molecule has 0 N–H and O–H groups in total. The van der Waals surface area contributed by atoms with Gasteiger partial charge >= 0.3 is 0 Å². The summed E-state index contributed by atoms with van der Waals surface area (Å²) in [5, 5.41) is 8.83. The number of likely N-dealkylation sites (tertiary alicyclic amines) is 1. The Morgan fingerprint density at radius 1 is 1.28 bits per heavy atom. The van der Waals surface area contributed by atoms with Crippen LogP contribution in [0.5, 0.6) is 0 Å². The van der Waals surface area contributed by atoms with E-state index in [0.29, 0.717) is 12.1 Å². The van der Waals surface area contributed by atoms with E-state index in [2.05, 4.69) is 4.90 Å². The van der Waals surface area contributed by atoms with E-state index in [0.717, 1.165) is 24.9 Å². The average Bonchev–Trinajstić information content (AvgIpc) is 2.92. The largest absolute Gasteiger partial charge is 0.298 e. The molecule has 1 aliphatic heterocycles. The smallest absolute Gasteiger partial charge is 0.145 e. The van der Waals surface area contributed by atoms with Gasteiger partial charge in [-0.1, -0.05) is 18.6 Å². The monoisotopic (exact) mass is 244 g/mol. The van der Waals surface area contributed by atoms with Crippen molar-refractivity contribution in [2.45, 2.75) is 25.8 Å². The molecule has 1 saturated heterocycles. The Labute approximate surface area is 107 Å². The van der Waals surface area contributed by atoms with Crippen LogP contribution in [0.15, 0.2) is 18.2 Å². The van der Waals surface area contributed by atoms with Crippen molar-refractivity contribution in [2.75, 3.05) is 13.1 Å². The molecule has 2 atom stereocenters. The molecule has 1 aromatic rings. The second-order valence-electron chi connectivity index (χ2n) is 5.54. The molecular formula is C15H17FN2. The number of halogens is 1. The zero-order valence-corrected chi connectivity index (χ0v) is 10.4. The first-order chi connectivity index (χ1) is 8.78. The molecule has 2 fully saturated rings. The molecule has 1 saturated carbocycles. The predicted molar refractivity (Wildman–Crippen MR) is 67.2 cm³/mol. The van der Waals surface area contributed by atoms with Gasteiger partial charge in [-0.2, -0.15) is 5.26 Å². The van der Waals surface area contributed by atoms with Gasteiger partial charge in [-0.15, -0.1) is 0 Å².